The smallest absolute Gasteiger partial charge is 0.211 e. The summed E-state index contributed by atoms with van der Waals surface area (Å²) >= 11 is 0. The third kappa shape index (κ3) is 2.09. The summed E-state index contributed by atoms with van der Waals surface area (Å²) in [5, 5.41) is 3.88. The molecule has 0 N–H and O–H groups in total. The van der Waals surface area contributed by atoms with Gasteiger partial charge in [-0.15, -0.1) is 0 Å². The van der Waals surface area contributed by atoms with Gasteiger partial charge >= 0.3 is 0 Å². The van der Waals surface area contributed by atoms with Crippen molar-refractivity contribution in [1.29, 1.82) is 0 Å². The molecule has 0 spiro atoms. The lowest BCUT2D eigenvalue weighted by molar-refractivity contribution is 0.373. The molecule has 10 heavy (non-hydrogen) atoms. The summed E-state index contributed by atoms with van der Waals surface area (Å²) in [7, 11) is 3.45. The van der Waals surface area contributed by atoms with Crippen molar-refractivity contribution in [3.63, 3.8) is 0 Å². The number of rotatable bonds is 1. The number of aryl methyl sites for hydroxylation is 1. The quantitative estimate of drug-likeness (QED) is 0.593. The van der Waals surface area contributed by atoms with Crippen molar-refractivity contribution in [1.82, 2.24) is 9.78 Å². The van der Waals surface area contributed by atoms with Crippen LogP contribution >= 0.6 is 0 Å². The molecule has 3 nitrogen and oxygen atoms in total. The number of nitrogens with zero attached hydrogens (tertiary/aromatic N) is 2. The lowest BCUT2D eigenvalue weighted by atomic mass is 10.7. The van der Waals surface area contributed by atoms with Crippen LogP contribution in [0, 0.1) is 0 Å². The summed E-state index contributed by atoms with van der Waals surface area (Å²) in [6.07, 6.45) is 1.69. The van der Waals surface area contributed by atoms with Gasteiger partial charge < -0.3 is 4.74 Å². The Morgan fingerprint density at radius 3 is 2.30 bits per heavy atom. The Kier molecular flexibility index (Phi) is 4.37. The van der Waals surface area contributed by atoms with Crippen molar-refractivity contribution >= 4 is 0 Å². The second-order valence-corrected chi connectivity index (χ2v) is 1.50. The highest BCUT2D eigenvalue weighted by Gasteiger charge is 1.91. The average Bonchev–Trinajstić information content (AvgIpc) is 2.39. The summed E-state index contributed by atoms with van der Waals surface area (Å²) in [4.78, 5) is 0. The monoisotopic (exact) mass is 142 g/mol. The Balaban J connectivity index is 0.000000371. The van der Waals surface area contributed by atoms with Gasteiger partial charge in [0.25, 0.3) is 0 Å². The predicted octanol–water partition coefficient (Wildman–Crippen LogP) is 1.45. The fourth-order valence-corrected chi connectivity index (χ4v) is 0.562. The van der Waals surface area contributed by atoms with Crippen LogP contribution in [0.3, 0.4) is 0 Å². The van der Waals surface area contributed by atoms with Gasteiger partial charge in [0, 0.05) is 13.1 Å². The Morgan fingerprint density at radius 1 is 1.50 bits per heavy atom. The second kappa shape index (κ2) is 4.85. The van der Waals surface area contributed by atoms with Gasteiger partial charge in [0.15, 0.2) is 0 Å². The van der Waals surface area contributed by atoms with Gasteiger partial charge in [-0.2, -0.15) is 5.10 Å². The zero-order valence-corrected chi connectivity index (χ0v) is 6.96. The number of aromatic nitrogens is 2. The highest BCUT2D eigenvalue weighted by Crippen LogP contribution is 2.03. The highest BCUT2D eigenvalue weighted by molar-refractivity contribution is 5.05. The molecule has 0 aromatic carbocycles. The maximum atomic E-state index is 4.89. The van der Waals surface area contributed by atoms with Crippen LogP contribution in [0.25, 0.3) is 0 Å². The Hall–Kier alpha value is -0.990. The van der Waals surface area contributed by atoms with Crippen LogP contribution in [0.5, 0.6) is 5.88 Å². The van der Waals surface area contributed by atoms with Crippen LogP contribution in [0.1, 0.15) is 13.8 Å². The summed E-state index contributed by atoms with van der Waals surface area (Å²) in [5.41, 5.74) is 0. The summed E-state index contributed by atoms with van der Waals surface area (Å²) in [6.45, 7) is 4.00. The Bertz CT molecular complexity index is 172. The molecule has 1 heterocycles. The molecule has 58 valence electrons. The third-order valence-corrected chi connectivity index (χ3v) is 0.985. The third-order valence-electron chi connectivity index (χ3n) is 0.985. The van der Waals surface area contributed by atoms with E-state index in [1.807, 2.05) is 20.9 Å². The van der Waals surface area contributed by atoms with Gasteiger partial charge in [0.2, 0.25) is 5.88 Å². The van der Waals surface area contributed by atoms with Crippen LogP contribution in [0.4, 0.5) is 0 Å². The normalized spacial score (nSPS) is 8.00. The van der Waals surface area contributed by atoms with Gasteiger partial charge in [-0.05, 0) is 0 Å². The number of hydrogen-bond donors (Lipinski definition) is 0. The van der Waals surface area contributed by atoms with Gasteiger partial charge in [-0.1, -0.05) is 13.8 Å². The van der Waals surface area contributed by atoms with Gasteiger partial charge in [0.05, 0.1) is 13.3 Å². The summed E-state index contributed by atoms with van der Waals surface area (Å²) < 4.78 is 6.55. The molecule has 0 fully saturated rings. The number of hydrogen-bond acceptors (Lipinski definition) is 2. The summed E-state index contributed by atoms with van der Waals surface area (Å²) in [5.74, 6) is 0.782. The molecular formula is C7H14N2O. The molecule has 1 aromatic rings. The van der Waals surface area contributed by atoms with E-state index in [0.29, 0.717) is 0 Å². The molecule has 0 amide bonds. The van der Waals surface area contributed by atoms with Gasteiger partial charge in [0.1, 0.15) is 0 Å². The van der Waals surface area contributed by atoms with Crippen molar-refractivity contribution in [2.24, 2.45) is 7.05 Å². The van der Waals surface area contributed by atoms with Crippen LogP contribution in [0.15, 0.2) is 12.3 Å². The molecule has 0 saturated heterocycles. The first-order chi connectivity index (χ1) is 4.84. The minimum atomic E-state index is 0.782. The van der Waals surface area contributed by atoms with E-state index in [4.69, 9.17) is 4.74 Å². The minimum absolute atomic E-state index is 0.782. The SMILES string of the molecule is CC.COc1ccnn1C. The van der Waals surface area contributed by atoms with E-state index >= 15 is 0 Å². The lowest BCUT2D eigenvalue weighted by Crippen LogP contribution is -1.93. The highest BCUT2D eigenvalue weighted by atomic mass is 16.5. The molecule has 1 aromatic heterocycles. The molecule has 0 atom stereocenters. The van der Waals surface area contributed by atoms with E-state index < -0.39 is 0 Å². The van der Waals surface area contributed by atoms with E-state index in [1.165, 1.54) is 0 Å². The van der Waals surface area contributed by atoms with E-state index in [-0.39, 0.29) is 0 Å². The van der Waals surface area contributed by atoms with Crippen molar-refractivity contribution < 1.29 is 4.74 Å². The molecule has 1 rings (SSSR count). The predicted molar refractivity (Wildman–Crippen MR) is 41.1 cm³/mol. The fraction of sp³-hybridized carbons (Fsp3) is 0.571. The van der Waals surface area contributed by atoms with Crippen molar-refractivity contribution in [3.05, 3.63) is 12.3 Å². The molecule has 0 saturated carbocycles. The fourth-order valence-electron chi connectivity index (χ4n) is 0.562. The van der Waals surface area contributed by atoms with Crippen molar-refractivity contribution in [2.45, 2.75) is 13.8 Å². The van der Waals surface area contributed by atoms with E-state index in [1.54, 1.807) is 24.1 Å². The van der Waals surface area contributed by atoms with E-state index in [2.05, 4.69) is 5.10 Å². The van der Waals surface area contributed by atoms with E-state index in [9.17, 15) is 0 Å². The minimum Gasteiger partial charge on any atom is -0.481 e. The first kappa shape index (κ1) is 9.01. The van der Waals surface area contributed by atoms with E-state index in [0.717, 1.165) is 5.88 Å². The zero-order valence-electron chi connectivity index (χ0n) is 6.96. The number of methoxy groups -OCH3 is 1. The van der Waals surface area contributed by atoms with Crippen LogP contribution in [-0.2, 0) is 7.05 Å². The first-order valence-corrected chi connectivity index (χ1v) is 3.36. The van der Waals surface area contributed by atoms with Crippen LogP contribution < -0.4 is 4.74 Å². The summed E-state index contributed by atoms with van der Waals surface area (Å²) in [6, 6.07) is 1.81. The molecule has 3 heteroatoms. The standard InChI is InChI=1S/C5H8N2O.C2H6/c1-7-5(8-2)3-4-6-7;1-2/h3-4H,1-2H3;1-2H3. The zero-order chi connectivity index (χ0) is 7.98. The van der Waals surface area contributed by atoms with Crippen LogP contribution in [-0.4, -0.2) is 16.9 Å². The maximum absolute atomic E-state index is 4.89. The lowest BCUT2D eigenvalue weighted by Gasteiger charge is -1.95. The van der Waals surface area contributed by atoms with Crippen molar-refractivity contribution in [2.75, 3.05) is 7.11 Å². The molecule has 0 radical (unpaired) electrons. The van der Waals surface area contributed by atoms with Crippen molar-refractivity contribution in [3.8, 4) is 5.88 Å². The molecular weight excluding hydrogens is 128 g/mol. The largest absolute Gasteiger partial charge is 0.481 e. The number of ether oxygens (including phenoxy) is 1. The van der Waals surface area contributed by atoms with Gasteiger partial charge in [-0.3, -0.25) is 0 Å². The molecule has 0 bridgehead atoms. The average molecular weight is 142 g/mol. The molecule has 0 unspecified atom stereocenters. The molecule has 0 aliphatic rings. The molecule has 0 aliphatic carbocycles. The maximum Gasteiger partial charge on any atom is 0.211 e. The Morgan fingerprint density at radius 2 is 2.10 bits per heavy atom. The van der Waals surface area contributed by atoms with Gasteiger partial charge in [-0.25, -0.2) is 4.68 Å². The first-order valence-electron chi connectivity index (χ1n) is 3.36. The topological polar surface area (TPSA) is 27.1 Å². The van der Waals surface area contributed by atoms with Crippen LogP contribution in [0.2, 0.25) is 0 Å². The molecule has 0 aliphatic heterocycles. The Labute approximate surface area is 61.6 Å². The second-order valence-electron chi connectivity index (χ2n) is 1.50.